The Morgan fingerprint density at radius 1 is 1.04 bits per heavy atom. The number of para-hydroxylation sites is 1. The van der Waals surface area contributed by atoms with E-state index in [1.807, 2.05) is 68.4 Å². The van der Waals surface area contributed by atoms with Crippen LogP contribution in [0.1, 0.15) is 21.7 Å². The van der Waals surface area contributed by atoms with Crippen LogP contribution in [0.5, 0.6) is 0 Å². The third kappa shape index (κ3) is 2.93. The van der Waals surface area contributed by atoms with E-state index in [0.717, 1.165) is 22.8 Å². The highest BCUT2D eigenvalue weighted by molar-refractivity contribution is 6.31. The summed E-state index contributed by atoms with van der Waals surface area (Å²) < 4.78 is 1.78. The molecule has 122 valence electrons. The van der Waals surface area contributed by atoms with E-state index in [1.54, 1.807) is 16.6 Å². The van der Waals surface area contributed by atoms with E-state index in [4.69, 9.17) is 11.6 Å². The van der Waals surface area contributed by atoms with Crippen LogP contribution in [0.15, 0.2) is 54.6 Å². The van der Waals surface area contributed by atoms with Gasteiger partial charge in [0.2, 0.25) is 0 Å². The van der Waals surface area contributed by atoms with Gasteiger partial charge in [-0.2, -0.15) is 5.10 Å². The zero-order valence-electron chi connectivity index (χ0n) is 13.8. The SMILES string of the molecule is Cc1nn(-c2ccc(C(=O)N(C)c3ccccc3)cc2)c(C)c1Cl. The number of benzene rings is 2. The third-order valence-corrected chi connectivity index (χ3v) is 4.56. The van der Waals surface area contributed by atoms with Gasteiger partial charge in [-0.05, 0) is 50.2 Å². The highest BCUT2D eigenvalue weighted by Crippen LogP contribution is 2.23. The Morgan fingerprint density at radius 3 is 2.21 bits per heavy atom. The minimum Gasteiger partial charge on any atom is -0.311 e. The first-order valence-electron chi connectivity index (χ1n) is 7.64. The van der Waals surface area contributed by atoms with E-state index in [9.17, 15) is 4.79 Å². The van der Waals surface area contributed by atoms with Crippen molar-refractivity contribution in [1.82, 2.24) is 9.78 Å². The van der Waals surface area contributed by atoms with Crippen molar-refractivity contribution in [2.75, 3.05) is 11.9 Å². The second-order valence-electron chi connectivity index (χ2n) is 5.64. The maximum atomic E-state index is 12.6. The number of amides is 1. The second kappa shape index (κ2) is 6.49. The summed E-state index contributed by atoms with van der Waals surface area (Å²) in [5.74, 6) is -0.0563. The lowest BCUT2D eigenvalue weighted by molar-refractivity contribution is 0.0993. The fourth-order valence-electron chi connectivity index (χ4n) is 2.58. The molecule has 0 spiro atoms. The van der Waals surface area contributed by atoms with Gasteiger partial charge in [0.25, 0.3) is 5.91 Å². The molecular formula is C19H18ClN3O. The molecule has 0 radical (unpaired) electrons. The maximum Gasteiger partial charge on any atom is 0.258 e. The summed E-state index contributed by atoms with van der Waals surface area (Å²) >= 11 is 6.20. The topological polar surface area (TPSA) is 38.1 Å². The first-order valence-corrected chi connectivity index (χ1v) is 8.02. The molecule has 0 saturated carbocycles. The van der Waals surface area contributed by atoms with Crippen molar-refractivity contribution in [2.45, 2.75) is 13.8 Å². The zero-order chi connectivity index (χ0) is 17.3. The molecule has 3 rings (SSSR count). The standard InChI is InChI=1S/C19H18ClN3O/c1-13-18(20)14(2)23(21-13)17-11-9-15(10-12-17)19(24)22(3)16-7-5-4-6-8-16/h4-12H,1-3H3. The molecule has 3 aromatic rings. The van der Waals surface area contributed by atoms with Gasteiger partial charge in [-0.15, -0.1) is 0 Å². The Balaban J connectivity index is 1.86. The quantitative estimate of drug-likeness (QED) is 0.708. The van der Waals surface area contributed by atoms with Gasteiger partial charge >= 0.3 is 0 Å². The zero-order valence-corrected chi connectivity index (χ0v) is 14.6. The first kappa shape index (κ1) is 16.3. The molecule has 24 heavy (non-hydrogen) atoms. The number of aromatic nitrogens is 2. The molecule has 4 nitrogen and oxygen atoms in total. The lowest BCUT2D eigenvalue weighted by Crippen LogP contribution is -2.26. The number of aryl methyl sites for hydroxylation is 1. The van der Waals surface area contributed by atoms with Crippen molar-refractivity contribution in [3.8, 4) is 5.69 Å². The maximum absolute atomic E-state index is 12.6. The molecule has 0 aliphatic heterocycles. The van der Waals surface area contributed by atoms with E-state index in [0.29, 0.717) is 10.6 Å². The minimum atomic E-state index is -0.0563. The van der Waals surface area contributed by atoms with Gasteiger partial charge in [-0.1, -0.05) is 29.8 Å². The van der Waals surface area contributed by atoms with Gasteiger partial charge in [0.1, 0.15) is 0 Å². The van der Waals surface area contributed by atoms with Gasteiger partial charge in [-0.3, -0.25) is 4.79 Å². The Kier molecular flexibility index (Phi) is 4.40. The molecule has 0 saturated heterocycles. The number of halogens is 1. The Bertz CT molecular complexity index is 870. The number of carbonyl (C=O) groups is 1. The molecule has 0 unspecified atom stereocenters. The number of hydrogen-bond donors (Lipinski definition) is 0. The van der Waals surface area contributed by atoms with Gasteiger partial charge < -0.3 is 4.90 Å². The second-order valence-corrected chi connectivity index (χ2v) is 6.02. The van der Waals surface area contributed by atoms with Gasteiger partial charge in [0.05, 0.1) is 22.1 Å². The van der Waals surface area contributed by atoms with Crippen LogP contribution in [0.3, 0.4) is 0 Å². The Labute approximate surface area is 146 Å². The number of carbonyl (C=O) groups excluding carboxylic acids is 1. The van der Waals surface area contributed by atoms with Gasteiger partial charge in [0, 0.05) is 18.3 Å². The number of rotatable bonds is 3. The van der Waals surface area contributed by atoms with Crippen molar-refractivity contribution < 1.29 is 4.79 Å². The van der Waals surface area contributed by atoms with Crippen molar-refractivity contribution in [2.24, 2.45) is 0 Å². The lowest BCUT2D eigenvalue weighted by atomic mass is 10.1. The number of anilines is 1. The van der Waals surface area contributed by atoms with E-state index >= 15 is 0 Å². The number of nitrogens with zero attached hydrogens (tertiary/aromatic N) is 3. The van der Waals surface area contributed by atoms with Crippen LogP contribution in [-0.2, 0) is 0 Å². The highest BCUT2D eigenvalue weighted by atomic mass is 35.5. The summed E-state index contributed by atoms with van der Waals surface area (Å²) in [6, 6.07) is 16.9. The largest absolute Gasteiger partial charge is 0.311 e. The molecule has 1 heterocycles. The smallest absolute Gasteiger partial charge is 0.258 e. The summed E-state index contributed by atoms with van der Waals surface area (Å²) in [5.41, 5.74) is 4.03. The molecule has 0 atom stereocenters. The lowest BCUT2D eigenvalue weighted by Gasteiger charge is -2.17. The van der Waals surface area contributed by atoms with E-state index in [2.05, 4.69) is 5.10 Å². The summed E-state index contributed by atoms with van der Waals surface area (Å²) in [4.78, 5) is 14.2. The van der Waals surface area contributed by atoms with Crippen LogP contribution in [-0.4, -0.2) is 22.7 Å². The molecule has 1 amide bonds. The first-order chi connectivity index (χ1) is 11.5. The summed E-state index contributed by atoms with van der Waals surface area (Å²) in [5, 5.41) is 5.09. The van der Waals surface area contributed by atoms with Crippen LogP contribution in [0.2, 0.25) is 5.02 Å². The molecule has 0 N–H and O–H groups in total. The molecule has 2 aromatic carbocycles. The summed E-state index contributed by atoms with van der Waals surface area (Å²) in [6.07, 6.45) is 0. The van der Waals surface area contributed by atoms with Crippen LogP contribution >= 0.6 is 11.6 Å². The van der Waals surface area contributed by atoms with E-state index in [-0.39, 0.29) is 5.91 Å². The van der Waals surface area contributed by atoms with Crippen molar-refractivity contribution in [1.29, 1.82) is 0 Å². The van der Waals surface area contributed by atoms with Gasteiger partial charge in [0.15, 0.2) is 0 Å². The van der Waals surface area contributed by atoms with E-state index in [1.165, 1.54) is 0 Å². The predicted molar refractivity (Wildman–Crippen MR) is 97.2 cm³/mol. The Hall–Kier alpha value is -2.59. The molecule has 0 aliphatic carbocycles. The number of hydrogen-bond acceptors (Lipinski definition) is 2. The average Bonchev–Trinajstić information content (AvgIpc) is 2.89. The minimum absolute atomic E-state index is 0.0563. The molecule has 1 aromatic heterocycles. The highest BCUT2D eigenvalue weighted by Gasteiger charge is 2.14. The van der Waals surface area contributed by atoms with Crippen LogP contribution in [0.4, 0.5) is 5.69 Å². The molecule has 5 heteroatoms. The monoisotopic (exact) mass is 339 g/mol. The average molecular weight is 340 g/mol. The van der Waals surface area contributed by atoms with E-state index < -0.39 is 0 Å². The summed E-state index contributed by atoms with van der Waals surface area (Å²) in [6.45, 7) is 3.79. The third-order valence-electron chi connectivity index (χ3n) is 4.01. The van der Waals surface area contributed by atoms with Gasteiger partial charge in [-0.25, -0.2) is 4.68 Å². The van der Waals surface area contributed by atoms with Crippen molar-refractivity contribution in [3.05, 3.63) is 76.6 Å². The molecular weight excluding hydrogens is 322 g/mol. The van der Waals surface area contributed by atoms with Crippen molar-refractivity contribution >= 4 is 23.2 Å². The van der Waals surface area contributed by atoms with Crippen LogP contribution in [0, 0.1) is 13.8 Å². The van der Waals surface area contributed by atoms with Crippen LogP contribution in [0.25, 0.3) is 5.69 Å². The van der Waals surface area contributed by atoms with Crippen molar-refractivity contribution in [3.63, 3.8) is 0 Å². The Morgan fingerprint density at radius 2 is 1.67 bits per heavy atom. The molecule has 0 fully saturated rings. The van der Waals surface area contributed by atoms with Crippen LogP contribution < -0.4 is 4.90 Å². The predicted octanol–water partition coefficient (Wildman–Crippen LogP) is 4.42. The fourth-order valence-corrected chi connectivity index (χ4v) is 2.70. The molecule has 0 aliphatic rings. The molecule has 0 bridgehead atoms. The fraction of sp³-hybridized carbons (Fsp3) is 0.158. The summed E-state index contributed by atoms with van der Waals surface area (Å²) in [7, 11) is 1.77. The normalized spacial score (nSPS) is 10.7.